The summed E-state index contributed by atoms with van der Waals surface area (Å²) in [4.78, 5) is 5.90. The van der Waals surface area contributed by atoms with Gasteiger partial charge in [-0.25, -0.2) is 0 Å². The van der Waals surface area contributed by atoms with E-state index >= 15 is 0 Å². The Morgan fingerprint density at radius 2 is 2.04 bits per heavy atom. The molecular weight excluding hydrogens is 433 g/mol. The Kier molecular flexibility index (Phi) is 11.4. The van der Waals surface area contributed by atoms with Crippen LogP contribution >= 0.6 is 35.7 Å². The molecule has 0 unspecified atom stereocenters. The molecule has 0 bridgehead atoms. The minimum absolute atomic E-state index is 0. The van der Waals surface area contributed by atoms with E-state index in [1.165, 1.54) is 4.90 Å². The third-order valence-corrected chi connectivity index (χ3v) is 4.14. The van der Waals surface area contributed by atoms with Crippen molar-refractivity contribution in [2.75, 3.05) is 25.4 Å². The summed E-state index contributed by atoms with van der Waals surface area (Å²) in [5.74, 6) is 1.91. The molecule has 0 aliphatic heterocycles. The van der Waals surface area contributed by atoms with Crippen LogP contribution in [0.5, 0.6) is 0 Å². The minimum atomic E-state index is 0. The first-order valence-electron chi connectivity index (χ1n) is 8.06. The molecule has 1 aromatic carbocycles. The van der Waals surface area contributed by atoms with Crippen LogP contribution in [0.2, 0.25) is 0 Å². The minimum Gasteiger partial charge on any atom is -0.357 e. The molecule has 2 rings (SSSR count). The van der Waals surface area contributed by atoms with Crippen molar-refractivity contribution >= 4 is 41.7 Å². The summed E-state index contributed by atoms with van der Waals surface area (Å²) >= 11 is 1.85. The predicted octanol–water partition coefficient (Wildman–Crippen LogP) is 3.24. The number of nitrogens with one attached hydrogen (secondary N) is 2. The standard InChI is InChI=1S/C17H25N5S.HI/c1-2-18-17(19-10-6-13-22-14-7-11-21-22)20-12-15-23-16-8-4-3-5-9-16;/h3-5,7-9,11,14H,2,6,10,12-13,15H2,1H3,(H2,18,19,20);1H. The predicted molar refractivity (Wildman–Crippen MR) is 113 cm³/mol. The number of nitrogens with zero attached hydrogens (tertiary/aromatic N) is 3. The van der Waals surface area contributed by atoms with Gasteiger partial charge >= 0.3 is 0 Å². The highest BCUT2D eigenvalue weighted by Crippen LogP contribution is 2.15. The van der Waals surface area contributed by atoms with E-state index in [2.05, 4.69) is 51.9 Å². The highest BCUT2D eigenvalue weighted by Gasteiger charge is 1.98. The quantitative estimate of drug-likeness (QED) is 0.199. The van der Waals surface area contributed by atoms with Crippen molar-refractivity contribution in [3.05, 3.63) is 48.8 Å². The summed E-state index contributed by atoms with van der Waals surface area (Å²) in [6.45, 7) is 5.54. The lowest BCUT2D eigenvalue weighted by Crippen LogP contribution is -2.38. The van der Waals surface area contributed by atoms with Crippen molar-refractivity contribution in [1.82, 2.24) is 20.4 Å². The Bertz CT molecular complexity index is 560. The Morgan fingerprint density at radius 1 is 1.21 bits per heavy atom. The van der Waals surface area contributed by atoms with Gasteiger partial charge in [-0.3, -0.25) is 9.67 Å². The van der Waals surface area contributed by atoms with Gasteiger partial charge in [-0.05, 0) is 31.5 Å². The highest BCUT2D eigenvalue weighted by atomic mass is 127. The molecule has 0 spiro atoms. The van der Waals surface area contributed by atoms with Gasteiger partial charge < -0.3 is 10.6 Å². The van der Waals surface area contributed by atoms with Crippen LogP contribution in [0.4, 0.5) is 0 Å². The van der Waals surface area contributed by atoms with Crippen LogP contribution in [0.25, 0.3) is 0 Å². The fourth-order valence-electron chi connectivity index (χ4n) is 2.05. The molecule has 0 saturated heterocycles. The maximum Gasteiger partial charge on any atom is 0.191 e. The molecule has 1 heterocycles. The van der Waals surface area contributed by atoms with E-state index in [1.54, 1.807) is 6.20 Å². The average Bonchev–Trinajstić information content (AvgIpc) is 3.10. The summed E-state index contributed by atoms with van der Waals surface area (Å²) < 4.78 is 1.94. The van der Waals surface area contributed by atoms with Crippen molar-refractivity contribution < 1.29 is 0 Å². The summed E-state index contributed by atoms with van der Waals surface area (Å²) in [5.41, 5.74) is 0. The number of benzene rings is 1. The van der Waals surface area contributed by atoms with Crippen LogP contribution in [0.1, 0.15) is 13.3 Å². The number of thioether (sulfide) groups is 1. The molecular formula is C17H26IN5S. The lowest BCUT2D eigenvalue weighted by atomic mass is 10.4. The zero-order chi connectivity index (χ0) is 16.2. The van der Waals surface area contributed by atoms with E-state index in [0.717, 1.165) is 44.3 Å². The molecule has 132 valence electrons. The number of aromatic nitrogens is 2. The molecule has 0 saturated carbocycles. The van der Waals surface area contributed by atoms with Crippen LogP contribution < -0.4 is 10.6 Å². The first kappa shape index (κ1) is 20.8. The molecule has 24 heavy (non-hydrogen) atoms. The topological polar surface area (TPSA) is 54.2 Å². The van der Waals surface area contributed by atoms with E-state index < -0.39 is 0 Å². The second-order valence-corrected chi connectivity index (χ2v) is 6.14. The number of rotatable bonds is 9. The number of aliphatic imine (C=N–C) groups is 1. The van der Waals surface area contributed by atoms with Gasteiger partial charge in [0.2, 0.25) is 0 Å². The van der Waals surface area contributed by atoms with Gasteiger partial charge in [0.05, 0.1) is 0 Å². The van der Waals surface area contributed by atoms with Gasteiger partial charge in [0.25, 0.3) is 0 Å². The third-order valence-electron chi connectivity index (χ3n) is 3.13. The summed E-state index contributed by atoms with van der Waals surface area (Å²) in [6.07, 6.45) is 4.77. The molecule has 2 N–H and O–H groups in total. The second-order valence-electron chi connectivity index (χ2n) is 4.97. The lowest BCUT2D eigenvalue weighted by molar-refractivity contribution is 0.584. The Hall–Kier alpha value is -1.22. The SMILES string of the molecule is CCNC(=NCCCn1cccn1)NCCSc1ccccc1.I. The smallest absolute Gasteiger partial charge is 0.191 e. The molecule has 0 aliphatic rings. The summed E-state index contributed by atoms with van der Waals surface area (Å²) in [5, 5.41) is 10.9. The van der Waals surface area contributed by atoms with Crippen LogP contribution in [-0.4, -0.2) is 41.1 Å². The van der Waals surface area contributed by atoms with Crippen molar-refractivity contribution in [3.8, 4) is 0 Å². The van der Waals surface area contributed by atoms with E-state index in [-0.39, 0.29) is 24.0 Å². The number of aryl methyl sites for hydroxylation is 1. The van der Waals surface area contributed by atoms with Crippen LogP contribution in [-0.2, 0) is 6.54 Å². The van der Waals surface area contributed by atoms with E-state index in [1.807, 2.05) is 34.8 Å². The summed E-state index contributed by atoms with van der Waals surface area (Å²) in [6, 6.07) is 12.4. The first-order valence-corrected chi connectivity index (χ1v) is 9.04. The first-order chi connectivity index (χ1) is 11.4. The maximum atomic E-state index is 4.60. The molecule has 5 nitrogen and oxygen atoms in total. The highest BCUT2D eigenvalue weighted by molar-refractivity contribution is 14.0. The molecule has 0 aliphatic carbocycles. The van der Waals surface area contributed by atoms with Gasteiger partial charge in [-0.1, -0.05) is 18.2 Å². The number of hydrogen-bond donors (Lipinski definition) is 2. The normalized spacial score (nSPS) is 11.0. The van der Waals surface area contributed by atoms with Gasteiger partial charge in [-0.2, -0.15) is 5.10 Å². The molecule has 1 aromatic heterocycles. The lowest BCUT2D eigenvalue weighted by Gasteiger charge is -2.11. The number of halogens is 1. The molecule has 0 fully saturated rings. The molecule has 0 atom stereocenters. The van der Waals surface area contributed by atoms with Gasteiger partial charge in [0.15, 0.2) is 5.96 Å². The van der Waals surface area contributed by atoms with Crippen LogP contribution in [0.3, 0.4) is 0 Å². The van der Waals surface area contributed by atoms with Crippen molar-refractivity contribution in [1.29, 1.82) is 0 Å². The Labute approximate surface area is 165 Å². The Morgan fingerprint density at radius 3 is 2.75 bits per heavy atom. The molecule has 0 amide bonds. The zero-order valence-electron chi connectivity index (χ0n) is 14.0. The second kappa shape index (κ2) is 13.1. The largest absolute Gasteiger partial charge is 0.357 e. The fraction of sp³-hybridized carbons (Fsp3) is 0.412. The van der Waals surface area contributed by atoms with Crippen LogP contribution in [0.15, 0.2) is 58.7 Å². The van der Waals surface area contributed by atoms with Crippen molar-refractivity contribution in [2.24, 2.45) is 4.99 Å². The molecule has 2 aromatic rings. The Balaban J connectivity index is 0.00000288. The van der Waals surface area contributed by atoms with Crippen LogP contribution in [0, 0.1) is 0 Å². The number of guanidine groups is 1. The van der Waals surface area contributed by atoms with E-state index in [9.17, 15) is 0 Å². The fourth-order valence-corrected chi connectivity index (χ4v) is 2.84. The third kappa shape index (κ3) is 8.58. The molecule has 0 radical (unpaired) electrons. The van der Waals surface area contributed by atoms with Crippen molar-refractivity contribution in [3.63, 3.8) is 0 Å². The van der Waals surface area contributed by atoms with Gasteiger partial charge in [-0.15, -0.1) is 35.7 Å². The van der Waals surface area contributed by atoms with Crippen molar-refractivity contribution in [2.45, 2.75) is 24.8 Å². The monoisotopic (exact) mass is 459 g/mol. The molecule has 7 heteroatoms. The average molecular weight is 459 g/mol. The van der Waals surface area contributed by atoms with E-state index in [0.29, 0.717) is 0 Å². The summed E-state index contributed by atoms with van der Waals surface area (Å²) in [7, 11) is 0. The van der Waals surface area contributed by atoms with E-state index in [4.69, 9.17) is 0 Å². The number of hydrogen-bond acceptors (Lipinski definition) is 3. The zero-order valence-corrected chi connectivity index (χ0v) is 17.2. The van der Waals surface area contributed by atoms with Gasteiger partial charge in [0.1, 0.15) is 0 Å². The van der Waals surface area contributed by atoms with Gasteiger partial charge in [0, 0.05) is 49.2 Å². The maximum absolute atomic E-state index is 4.60.